The van der Waals surface area contributed by atoms with Crippen LogP contribution in [0.1, 0.15) is 40.0 Å². The van der Waals surface area contributed by atoms with Gasteiger partial charge < -0.3 is 9.64 Å². The minimum atomic E-state index is -0.624. The molecule has 4 nitrogen and oxygen atoms in total. The van der Waals surface area contributed by atoms with Crippen molar-refractivity contribution >= 4 is 23.3 Å². The molecule has 0 saturated carbocycles. The van der Waals surface area contributed by atoms with Crippen molar-refractivity contribution in [2.45, 2.75) is 24.9 Å². The van der Waals surface area contributed by atoms with Gasteiger partial charge in [-0.3, -0.25) is 9.59 Å². The van der Waals surface area contributed by atoms with Gasteiger partial charge in [0.1, 0.15) is 17.2 Å². The number of fused-ring (bicyclic) bond motifs is 1. The molecule has 0 aliphatic carbocycles. The first-order chi connectivity index (χ1) is 12.5. The van der Waals surface area contributed by atoms with Crippen LogP contribution < -0.4 is 4.74 Å². The van der Waals surface area contributed by atoms with E-state index in [0.29, 0.717) is 42.3 Å². The van der Waals surface area contributed by atoms with Crippen LogP contribution in [0.2, 0.25) is 5.02 Å². The first-order valence-electron chi connectivity index (χ1n) is 8.53. The van der Waals surface area contributed by atoms with Gasteiger partial charge in [0.25, 0.3) is 5.91 Å². The summed E-state index contributed by atoms with van der Waals surface area (Å²) in [6, 6.07) is 11.0. The molecular weight excluding hydrogens is 357 g/mol. The van der Waals surface area contributed by atoms with Gasteiger partial charge in [0.2, 0.25) is 0 Å². The number of hydrogen-bond donors (Lipinski definition) is 0. The van der Waals surface area contributed by atoms with Gasteiger partial charge in [-0.05, 0) is 30.3 Å². The lowest BCUT2D eigenvalue weighted by Gasteiger charge is -2.44. The number of piperidine rings is 1. The Hall–Kier alpha value is -2.40. The maximum Gasteiger partial charge on any atom is 0.256 e. The van der Waals surface area contributed by atoms with E-state index in [1.165, 1.54) is 12.1 Å². The van der Waals surface area contributed by atoms with E-state index in [9.17, 15) is 14.0 Å². The highest BCUT2D eigenvalue weighted by molar-refractivity contribution is 6.30. The summed E-state index contributed by atoms with van der Waals surface area (Å²) in [6.45, 7) is 0.826. The van der Waals surface area contributed by atoms with Crippen molar-refractivity contribution in [3.63, 3.8) is 0 Å². The highest BCUT2D eigenvalue weighted by Crippen LogP contribution is 2.40. The van der Waals surface area contributed by atoms with Gasteiger partial charge in [-0.15, -0.1) is 0 Å². The summed E-state index contributed by atoms with van der Waals surface area (Å²) >= 11 is 6.02. The Bertz CT molecular complexity index is 890. The molecule has 6 heteroatoms. The van der Waals surface area contributed by atoms with E-state index in [1.54, 1.807) is 35.2 Å². The van der Waals surface area contributed by atoms with Crippen molar-refractivity contribution in [3.8, 4) is 5.75 Å². The summed E-state index contributed by atoms with van der Waals surface area (Å²) in [5.74, 6) is -0.326. The fraction of sp³-hybridized carbons (Fsp3) is 0.300. The van der Waals surface area contributed by atoms with E-state index in [4.69, 9.17) is 16.3 Å². The van der Waals surface area contributed by atoms with Gasteiger partial charge >= 0.3 is 0 Å². The zero-order chi connectivity index (χ0) is 18.3. The summed E-state index contributed by atoms with van der Waals surface area (Å²) in [4.78, 5) is 26.7. The molecule has 2 aliphatic heterocycles. The van der Waals surface area contributed by atoms with Gasteiger partial charge in [0, 0.05) is 31.0 Å². The third-order valence-electron chi connectivity index (χ3n) is 5.12. The van der Waals surface area contributed by atoms with Crippen LogP contribution in [0.15, 0.2) is 42.5 Å². The highest BCUT2D eigenvalue weighted by Gasteiger charge is 2.43. The first kappa shape index (κ1) is 17.0. The molecule has 0 radical (unpaired) electrons. The molecule has 1 amide bonds. The third kappa shape index (κ3) is 2.97. The lowest BCUT2D eigenvalue weighted by atomic mass is 9.82. The van der Waals surface area contributed by atoms with E-state index < -0.39 is 11.4 Å². The first-order valence-corrected chi connectivity index (χ1v) is 8.91. The molecule has 1 fully saturated rings. The number of rotatable bonds is 1. The van der Waals surface area contributed by atoms with E-state index in [1.807, 2.05) is 0 Å². The van der Waals surface area contributed by atoms with Crippen LogP contribution in [-0.2, 0) is 0 Å². The van der Waals surface area contributed by atoms with Crippen LogP contribution in [0, 0.1) is 5.82 Å². The van der Waals surface area contributed by atoms with Crippen molar-refractivity contribution in [1.29, 1.82) is 0 Å². The van der Waals surface area contributed by atoms with Crippen LogP contribution in [0.3, 0.4) is 0 Å². The maximum atomic E-state index is 13.9. The molecule has 1 saturated heterocycles. The molecule has 2 aromatic carbocycles. The number of carbonyl (C=O) groups excluding carboxylic acids is 2. The number of ether oxygens (including phenoxy) is 1. The Morgan fingerprint density at radius 2 is 1.88 bits per heavy atom. The number of carbonyl (C=O) groups is 2. The topological polar surface area (TPSA) is 46.6 Å². The SMILES string of the molecule is O=C1CC2(CCN(C(=O)c3ccccc3F)CC2)Oc2cc(Cl)ccc21. The summed E-state index contributed by atoms with van der Waals surface area (Å²) in [5.41, 5.74) is -0.00747. The molecule has 0 unspecified atom stereocenters. The largest absolute Gasteiger partial charge is 0.486 e. The van der Waals surface area contributed by atoms with Gasteiger partial charge in [-0.1, -0.05) is 23.7 Å². The summed E-state index contributed by atoms with van der Waals surface area (Å²) in [6.07, 6.45) is 1.32. The molecule has 134 valence electrons. The second-order valence-corrected chi connectivity index (χ2v) is 7.23. The predicted octanol–water partition coefficient (Wildman–Crippen LogP) is 4.12. The molecule has 0 N–H and O–H groups in total. The number of halogens is 2. The molecule has 2 aromatic rings. The van der Waals surface area contributed by atoms with E-state index in [-0.39, 0.29) is 23.7 Å². The zero-order valence-electron chi connectivity index (χ0n) is 14.0. The standard InChI is InChI=1S/C20H17ClFNO3/c21-13-5-6-15-17(24)12-20(26-18(15)11-13)7-9-23(10-8-20)19(25)14-3-1-2-4-16(14)22/h1-6,11H,7-10,12H2. The minimum absolute atomic E-state index is 0.0248. The van der Waals surface area contributed by atoms with Crippen molar-refractivity contribution in [2.75, 3.05) is 13.1 Å². The Kier molecular flexibility index (Phi) is 4.19. The molecular formula is C20H17ClFNO3. The summed E-state index contributed by atoms with van der Waals surface area (Å²) < 4.78 is 20.0. The monoisotopic (exact) mass is 373 g/mol. The molecule has 0 aromatic heterocycles. The second kappa shape index (κ2) is 6.40. The lowest BCUT2D eigenvalue weighted by molar-refractivity contribution is -0.00578. The Labute approximate surface area is 155 Å². The fourth-order valence-electron chi connectivity index (χ4n) is 3.67. The Morgan fingerprint density at radius 1 is 1.15 bits per heavy atom. The molecule has 1 spiro atoms. The maximum absolute atomic E-state index is 13.9. The van der Waals surface area contributed by atoms with Crippen molar-refractivity contribution < 1.29 is 18.7 Å². The van der Waals surface area contributed by atoms with E-state index >= 15 is 0 Å². The van der Waals surface area contributed by atoms with Gasteiger partial charge in [0.15, 0.2) is 5.78 Å². The number of Topliss-reactive ketones (excluding diaryl/α,β-unsaturated/α-hetero) is 1. The van der Waals surface area contributed by atoms with E-state index in [2.05, 4.69) is 0 Å². The number of hydrogen-bond acceptors (Lipinski definition) is 3. The highest BCUT2D eigenvalue weighted by atomic mass is 35.5. The van der Waals surface area contributed by atoms with Crippen molar-refractivity contribution in [3.05, 3.63) is 64.4 Å². The number of ketones is 1. The average Bonchev–Trinajstić information content (AvgIpc) is 2.62. The Balaban J connectivity index is 1.51. The normalized spacial score (nSPS) is 18.4. The van der Waals surface area contributed by atoms with E-state index in [0.717, 1.165) is 0 Å². The van der Waals surface area contributed by atoms with Crippen LogP contribution in [0.5, 0.6) is 5.75 Å². The van der Waals surface area contributed by atoms with Crippen LogP contribution in [0.25, 0.3) is 0 Å². The molecule has 0 atom stereocenters. The van der Waals surface area contributed by atoms with Gasteiger partial charge in [-0.2, -0.15) is 0 Å². The number of nitrogens with zero attached hydrogens (tertiary/aromatic N) is 1. The van der Waals surface area contributed by atoms with Crippen LogP contribution in [-0.4, -0.2) is 35.3 Å². The molecule has 26 heavy (non-hydrogen) atoms. The fourth-order valence-corrected chi connectivity index (χ4v) is 3.83. The Morgan fingerprint density at radius 3 is 2.62 bits per heavy atom. The molecule has 0 bridgehead atoms. The smallest absolute Gasteiger partial charge is 0.256 e. The molecule has 4 rings (SSSR count). The third-order valence-corrected chi connectivity index (χ3v) is 5.35. The molecule has 2 heterocycles. The van der Waals surface area contributed by atoms with Crippen LogP contribution in [0.4, 0.5) is 4.39 Å². The van der Waals surface area contributed by atoms with Crippen molar-refractivity contribution in [2.24, 2.45) is 0 Å². The average molecular weight is 374 g/mol. The quantitative estimate of drug-likeness (QED) is 0.755. The zero-order valence-corrected chi connectivity index (χ0v) is 14.8. The predicted molar refractivity (Wildman–Crippen MR) is 95.3 cm³/mol. The van der Waals surface area contributed by atoms with Crippen molar-refractivity contribution in [1.82, 2.24) is 4.90 Å². The number of likely N-dealkylation sites (tertiary alicyclic amines) is 1. The second-order valence-electron chi connectivity index (χ2n) is 6.80. The molecule has 2 aliphatic rings. The summed E-state index contributed by atoms with van der Waals surface area (Å²) in [7, 11) is 0. The van der Waals surface area contributed by atoms with Gasteiger partial charge in [0.05, 0.1) is 17.5 Å². The van der Waals surface area contributed by atoms with Crippen LogP contribution >= 0.6 is 11.6 Å². The summed E-state index contributed by atoms with van der Waals surface area (Å²) in [5, 5.41) is 0.515. The lowest BCUT2D eigenvalue weighted by Crippen LogP contribution is -2.52. The minimum Gasteiger partial charge on any atom is -0.486 e. The number of benzene rings is 2. The number of amides is 1. The van der Waals surface area contributed by atoms with Gasteiger partial charge in [-0.25, -0.2) is 4.39 Å².